The lowest BCUT2D eigenvalue weighted by Gasteiger charge is -2.33. The molecule has 0 saturated carbocycles. The fourth-order valence-electron chi connectivity index (χ4n) is 3.06. The molecule has 1 aliphatic heterocycles. The molecule has 3 rings (SSSR count). The van der Waals surface area contributed by atoms with Crippen molar-refractivity contribution in [3.8, 4) is 0 Å². The van der Waals surface area contributed by atoms with Crippen molar-refractivity contribution < 1.29 is 5.11 Å². The molecule has 4 nitrogen and oxygen atoms in total. The third-order valence-corrected chi connectivity index (χ3v) is 4.26. The lowest BCUT2D eigenvalue weighted by Crippen LogP contribution is -2.39. The first-order chi connectivity index (χ1) is 10.4. The van der Waals surface area contributed by atoms with E-state index in [2.05, 4.69) is 39.5 Å². The number of halogens is 1. The van der Waals surface area contributed by atoms with Crippen molar-refractivity contribution >= 4 is 28.9 Å². The maximum Gasteiger partial charge on any atom is 0.0443 e. The number of likely N-dealkylation sites (tertiary alicyclic amines) is 1. The molecule has 1 aromatic heterocycles. The van der Waals surface area contributed by atoms with Crippen molar-refractivity contribution in [1.82, 2.24) is 9.88 Å². The van der Waals surface area contributed by atoms with Crippen LogP contribution in [-0.4, -0.2) is 47.3 Å². The first kappa shape index (κ1) is 17.0. The predicted molar refractivity (Wildman–Crippen MR) is 93.8 cm³/mol. The fraction of sp³-hybridized carbons (Fsp3) is 0.471. The SMILES string of the molecule is Cl.OCCCN1CCC(Nc2cccc3cnccc23)CC1. The molecular formula is C17H24ClN3O. The highest BCUT2D eigenvalue weighted by Crippen LogP contribution is 2.25. The van der Waals surface area contributed by atoms with E-state index in [1.807, 2.05) is 12.4 Å². The molecule has 0 aliphatic carbocycles. The second-order valence-corrected chi connectivity index (χ2v) is 5.74. The van der Waals surface area contributed by atoms with Gasteiger partial charge in [-0.25, -0.2) is 0 Å². The van der Waals surface area contributed by atoms with E-state index < -0.39 is 0 Å². The number of aliphatic hydroxyl groups excluding tert-OH is 1. The summed E-state index contributed by atoms with van der Waals surface area (Å²) >= 11 is 0. The Bertz CT molecular complexity index is 580. The minimum absolute atomic E-state index is 0. The Morgan fingerprint density at radius 3 is 2.82 bits per heavy atom. The maximum absolute atomic E-state index is 8.90. The standard InChI is InChI=1S/C17H23N3O.ClH/c21-12-2-9-20-10-6-15(7-11-20)19-17-4-1-3-14-13-18-8-5-16(14)17;/h1,3-5,8,13,15,19,21H,2,6-7,9-12H2;1H. The molecule has 2 aromatic rings. The van der Waals surface area contributed by atoms with Gasteiger partial charge in [-0.1, -0.05) is 12.1 Å². The Hall–Kier alpha value is -1.36. The topological polar surface area (TPSA) is 48.4 Å². The average Bonchev–Trinajstić information content (AvgIpc) is 2.55. The summed E-state index contributed by atoms with van der Waals surface area (Å²) in [5.74, 6) is 0. The van der Waals surface area contributed by atoms with Gasteiger partial charge in [-0.15, -0.1) is 12.4 Å². The van der Waals surface area contributed by atoms with Gasteiger partial charge in [0.2, 0.25) is 0 Å². The highest BCUT2D eigenvalue weighted by Gasteiger charge is 2.18. The number of pyridine rings is 1. The molecule has 1 fully saturated rings. The van der Waals surface area contributed by atoms with Crippen LogP contribution in [0, 0.1) is 0 Å². The van der Waals surface area contributed by atoms with Crippen LogP contribution >= 0.6 is 12.4 Å². The monoisotopic (exact) mass is 321 g/mol. The van der Waals surface area contributed by atoms with Gasteiger partial charge in [0.1, 0.15) is 0 Å². The Morgan fingerprint density at radius 2 is 2.05 bits per heavy atom. The Kier molecular flexibility index (Phi) is 6.43. The number of fused-ring (bicyclic) bond motifs is 1. The number of aliphatic hydroxyl groups is 1. The summed E-state index contributed by atoms with van der Waals surface area (Å²) in [6.45, 7) is 3.54. The number of benzene rings is 1. The molecule has 22 heavy (non-hydrogen) atoms. The number of hydrogen-bond donors (Lipinski definition) is 2. The summed E-state index contributed by atoms with van der Waals surface area (Å²) in [6.07, 6.45) is 6.97. The third kappa shape index (κ3) is 4.09. The average molecular weight is 322 g/mol. The van der Waals surface area contributed by atoms with Gasteiger partial charge in [-0.3, -0.25) is 4.98 Å². The molecular weight excluding hydrogens is 298 g/mol. The van der Waals surface area contributed by atoms with Crippen LogP contribution in [0.3, 0.4) is 0 Å². The van der Waals surface area contributed by atoms with E-state index in [1.165, 1.54) is 16.5 Å². The van der Waals surface area contributed by atoms with Gasteiger partial charge in [0.05, 0.1) is 0 Å². The fourth-order valence-corrected chi connectivity index (χ4v) is 3.06. The smallest absolute Gasteiger partial charge is 0.0443 e. The quantitative estimate of drug-likeness (QED) is 0.889. The Morgan fingerprint density at radius 1 is 1.23 bits per heavy atom. The van der Waals surface area contributed by atoms with Crippen LogP contribution in [0.25, 0.3) is 10.8 Å². The van der Waals surface area contributed by atoms with Gasteiger partial charge in [-0.05, 0) is 31.4 Å². The Balaban J connectivity index is 0.00000176. The number of hydrogen-bond acceptors (Lipinski definition) is 4. The van der Waals surface area contributed by atoms with Crippen LogP contribution in [0.5, 0.6) is 0 Å². The zero-order chi connectivity index (χ0) is 14.5. The van der Waals surface area contributed by atoms with Crippen LogP contribution in [0.4, 0.5) is 5.69 Å². The largest absolute Gasteiger partial charge is 0.396 e. The second-order valence-electron chi connectivity index (χ2n) is 5.74. The number of anilines is 1. The summed E-state index contributed by atoms with van der Waals surface area (Å²) in [7, 11) is 0. The molecule has 0 amide bonds. The first-order valence-corrected chi connectivity index (χ1v) is 7.79. The van der Waals surface area contributed by atoms with E-state index in [4.69, 9.17) is 5.11 Å². The van der Waals surface area contributed by atoms with E-state index in [1.54, 1.807) is 0 Å². The van der Waals surface area contributed by atoms with Gasteiger partial charge >= 0.3 is 0 Å². The molecule has 0 atom stereocenters. The van der Waals surface area contributed by atoms with Crippen LogP contribution in [0.2, 0.25) is 0 Å². The van der Waals surface area contributed by atoms with E-state index >= 15 is 0 Å². The summed E-state index contributed by atoms with van der Waals surface area (Å²) in [5.41, 5.74) is 1.21. The normalized spacial score (nSPS) is 16.4. The lowest BCUT2D eigenvalue weighted by molar-refractivity contribution is 0.192. The molecule has 1 aromatic carbocycles. The molecule has 0 bridgehead atoms. The van der Waals surface area contributed by atoms with Crippen molar-refractivity contribution in [2.75, 3.05) is 31.6 Å². The zero-order valence-electron chi connectivity index (χ0n) is 12.7. The predicted octanol–water partition coefficient (Wildman–Crippen LogP) is 2.92. The van der Waals surface area contributed by atoms with Crippen LogP contribution < -0.4 is 5.32 Å². The van der Waals surface area contributed by atoms with Crippen molar-refractivity contribution in [3.05, 3.63) is 36.7 Å². The second kappa shape index (κ2) is 8.32. The van der Waals surface area contributed by atoms with Gasteiger partial charge in [0.25, 0.3) is 0 Å². The number of nitrogens with zero attached hydrogens (tertiary/aromatic N) is 2. The highest BCUT2D eigenvalue weighted by molar-refractivity contribution is 5.93. The summed E-state index contributed by atoms with van der Waals surface area (Å²) in [5, 5.41) is 15.0. The Labute approximate surface area is 138 Å². The van der Waals surface area contributed by atoms with Crippen molar-refractivity contribution in [2.24, 2.45) is 0 Å². The van der Waals surface area contributed by atoms with E-state index in [0.29, 0.717) is 12.6 Å². The molecule has 0 spiro atoms. The van der Waals surface area contributed by atoms with Crippen LogP contribution in [0.15, 0.2) is 36.7 Å². The van der Waals surface area contributed by atoms with Crippen molar-refractivity contribution in [2.45, 2.75) is 25.3 Å². The van der Waals surface area contributed by atoms with Crippen LogP contribution in [-0.2, 0) is 0 Å². The molecule has 1 aliphatic rings. The summed E-state index contributed by atoms with van der Waals surface area (Å²) in [4.78, 5) is 6.63. The van der Waals surface area contributed by atoms with Gasteiger partial charge in [0, 0.05) is 61.1 Å². The van der Waals surface area contributed by atoms with E-state index in [9.17, 15) is 0 Å². The number of aromatic nitrogens is 1. The van der Waals surface area contributed by atoms with Crippen molar-refractivity contribution in [3.63, 3.8) is 0 Å². The molecule has 5 heteroatoms. The van der Waals surface area contributed by atoms with Gasteiger partial charge in [0.15, 0.2) is 0 Å². The number of piperidine rings is 1. The molecule has 1 saturated heterocycles. The third-order valence-electron chi connectivity index (χ3n) is 4.26. The lowest BCUT2D eigenvalue weighted by atomic mass is 10.0. The van der Waals surface area contributed by atoms with Gasteiger partial charge in [-0.2, -0.15) is 0 Å². The van der Waals surface area contributed by atoms with E-state index in [-0.39, 0.29) is 12.4 Å². The maximum atomic E-state index is 8.90. The highest BCUT2D eigenvalue weighted by atomic mass is 35.5. The zero-order valence-corrected chi connectivity index (χ0v) is 13.6. The van der Waals surface area contributed by atoms with Gasteiger partial charge < -0.3 is 15.3 Å². The number of nitrogens with one attached hydrogen (secondary N) is 1. The summed E-state index contributed by atoms with van der Waals surface area (Å²) < 4.78 is 0. The summed E-state index contributed by atoms with van der Waals surface area (Å²) in [6, 6.07) is 8.96. The van der Waals surface area contributed by atoms with E-state index in [0.717, 1.165) is 38.9 Å². The van der Waals surface area contributed by atoms with Crippen LogP contribution in [0.1, 0.15) is 19.3 Å². The number of rotatable bonds is 5. The molecule has 2 heterocycles. The molecule has 2 N–H and O–H groups in total. The molecule has 120 valence electrons. The van der Waals surface area contributed by atoms with Crippen molar-refractivity contribution in [1.29, 1.82) is 0 Å². The first-order valence-electron chi connectivity index (χ1n) is 7.79. The minimum atomic E-state index is 0. The molecule has 0 radical (unpaired) electrons. The molecule has 0 unspecified atom stereocenters. The minimum Gasteiger partial charge on any atom is -0.396 e.